The van der Waals surface area contributed by atoms with Crippen LogP contribution < -0.4 is 11.5 Å². The molecule has 26 nitrogen and oxygen atoms in total. The van der Waals surface area contributed by atoms with Gasteiger partial charge in [-0.2, -0.15) is 10.2 Å². The molecule has 6 unspecified atom stereocenters. The lowest BCUT2D eigenvalue weighted by Crippen LogP contribution is -2.35. The Hall–Kier alpha value is -0.560. The van der Waals surface area contributed by atoms with Crippen LogP contribution in [0.25, 0.3) is 0 Å². The van der Waals surface area contributed by atoms with Crippen LogP contribution in [0.15, 0.2) is 30.8 Å². The van der Waals surface area contributed by atoms with Gasteiger partial charge in [-0.15, -0.1) is 10.2 Å². The summed E-state index contributed by atoms with van der Waals surface area (Å²) in [5.41, 5.74) is 12.4. The van der Waals surface area contributed by atoms with Crippen LogP contribution in [-0.2, 0) is 60.3 Å². The molecule has 2 saturated heterocycles. The maximum Gasteiger partial charge on any atom is 0.382 e. The third-order valence-electron chi connectivity index (χ3n) is 8.42. The average Bonchev–Trinajstić information content (AvgIpc) is 3.90. The van der Waals surface area contributed by atoms with E-state index >= 15 is 0 Å². The highest BCUT2D eigenvalue weighted by atomic mass is 35.5. The number of hydrogen-bond donors (Lipinski definition) is 10. The fourth-order valence-electron chi connectivity index (χ4n) is 5.65. The molecule has 2 fully saturated rings. The number of nitrogens with zero attached hydrogens (tertiary/aromatic N) is 8. The van der Waals surface area contributed by atoms with E-state index < -0.39 is 106 Å². The molecule has 2 aromatic rings. The number of fused-ring (bicyclic) bond motifs is 2. The molecule has 0 saturated carbocycles. The Labute approximate surface area is 360 Å². The zero-order chi connectivity index (χ0) is 43.6. The average molecular weight is 1030 g/mol. The van der Waals surface area contributed by atoms with Crippen molar-refractivity contribution >= 4 is 122 Å². The Morgan fingerprint density at radius 1 is 0.695 bits per heavy atom. The lowest BCUT2D eigenvalue weighted by molar-refractivity contribution is -0.158. The molecule has 14 atom stereocenters. The highest BCUT2D eigenvalue weighted by Gasteiger charge is 2.64. The molecule has 4 aliphatic rings. The summed E-state index contributed by atoms with van der Waals surface area (Å²) in [6.07, 6.45) is -12.3. The summed E-state index contributed by atoms with van der Waals surface area (Å²) >= 11 is 23.8. The molecule has 6 heterocycles. The minimum absolute atomic E-state index is 0.000804. The molecule has 0 aliphatic carbocycles. The van der Waals surface area contributed by atoms with Crippen molar-refractivity contribution in [3.8, 4) is 0 Å². The van der Waals surface area contributed by atoms with Crippen molar-refractivity contribution in [2.45, 2.75) is 75.4 Å². The standard InChI is InChI=1S/C23H32Cl2N10O16P4S4/c1-58-21-28-5-7(32-34-9(5)17(26)30-21)15-11(36)13(38)19(48-15)46-3-52(40,56)50-54(42,43)23(24,25)55(44,45)51-53(41,57)4-47-20-14(39)12(37)16(49-20)8-6-10(35-33-8)18(27)31-22(29-6)59-2/h7-8,11-16,19-20,36-39H,3-4H2,1-2H3,(H,40,56)(H,41,57)(H,42,43)(H,44,45)(H2,26,28,30)(H2,27,29,31)/t7?,8?,11-,12-,13+,14+,15+,16+,19+,20+,52?,53?/m1/s1. The number of halogens is 2. The number of anilines is 2. The lowest BCUT2D eigenvalue weighted by Gasteiger charge is -2.32. The quantitative estimate of drug-likeness (QED) is 0.0496. The molecule has 328 valence electrons. The van der Waals surface area contributed by atoms with Gasteiger partial charge >= 0.3 is 19.0 Å². The van der Waals surface area contributed by atoms with E-state index in [1.807, 2.05) is 0 Å². The molecular weight excluding hydrogens is 995 g/mol. The van der Waals surface area contributed by atoms with Crippen molar-refractivity contribution in [1.82, 2.24) is 19.9 Å². The smallest absolute Gasteiger partial charge is 0.382 e. The van der Waals surface area contributed by atoms with Gasteiger partial charge in [0.15, 0.2) is 45.9 Å². The first-order valence-corrected chi connectivity index (χ1v) is 28.0. The van der Waals surface area contributed by atoms with E-state index in [9.17, 15) is 49.1 Å². The molecule has 4 aliphatic heterocycles. The Kier molecular flexibility index (Phi) is 14.4. The van der Waals surface area contributed by atoms with Crippen molar-refractivity contribution in [1.29, 1.82) is 0 Å². The molecule has 6 rings (SSSR count). The third-order valence-corrected chi connectivity index (χ3v) is 21.6. The van der Waals surface area contributed by atoms with Gasteiger partial charge in [-0.25, -0.2) is 28.6 Å². The van der Waals surface area contributed by atoms with Gasteiger partial charge in [0.25, 0.3) is 0 Å². The monoisotopic (exact) mass is 1030 g/mol. The summed E-state index contributed by atoms with van der Waals surface area (Å²) in [5.74, 6) is -0.00161. The van der Waals surface area contributed by atoms with Gasteiger partial charge in [0.05, 0.1) is 0 Å². The number of rotatable bonds is 16. The fourth-order valence-corrected chi connectivity index (χ4v) is 16.1. The summed E-state index contributed by atoms with van der Waals surface area (Å²) in [5, 5.41) is 59.1. The third kappa shape index (κ3) is 9.62. The Balaban J connectivity index is 1.05. The zero-order valence-electron chi connectivity index (χ0n) is 29.4. The molecule has 0 aromatic carbocycles. The van der Waals surface area contributed by atoms with E-state index in [0.29, 0.717) is 0 Å². The lowest BCUT2D eigenvalue weighted by atomic mass is 10.0. The van der Waals surface area contributed by atoms with Gasteiger partial charge < -0.3 is 70.4 Å². The minimum atomic E-state index is -6.02. The van der Waals surface area contributed by atoms with Gasteiger partial charge in [0.1, 0.15) is 72.8 Å². The number of azo groups is 2. The Morgan fingerprint density at radius 3 is 1.39 bits per heavy atom. The first kappa shape index (κ1) is 47.9. The van der Waals surface area contributed by atoms with Gasteiger partial charge in [0.2, 0.25) is 13.0 Å². The molecule has 0 radical (unpaired) electrons. The van der Waals surface area contributed by atoms with Crippen molar-refractivity contribution in [2.75, 3.05) is 36.7 Å². The molecule has 0 spiro atoms. The zero-order valence-corrected chi connectivity index (χ0v) is 37.8. The molecular formula is C23H32Cl2N10O16P4S4. The largest absolute Gasteiger partial charge is 0.387 e. The van der Waals surface area contributed by atoms with Crippen LogP contribution in [0.5, 0.6) is 0 Å². The predicted molar refractivity (Wildman–Crippen MR) is 213 cm³/mol. The van der Waals surface area contributed by atoms with Gasteiger partial charge in [-0.3, -0.25) is 9.13 Å². The second kappa shape index (κ2) is 17.8. The predicted octanol–water partition coefficient (Wildman–Crippen LogP) is 1.79. The van der Waals surface area contributed by atoms with E-state index in [1.54, 1.807) is 12.5 Å². The number of aliphatic hydroxyl groups excluding tert-OH is 4. The van der Waals surface area contributed by atoms with E-state index in [-0.39, 0.29) is 44.7 Å². The first-order chi connectivity index (χ1) is 27.3. The summed E-state index contributed by atoms with van der Waals surface area (Å²) in [7, 11) is -12.0. The van der Waals surface area contributed by atoms with Crippen molar-refractivity contribution in [3.63, 3.8) is 0 Å². The second-order valence-electron chi connectivity index (χ2n) is 12.5. The van der Waals surface area contributed by atoms with Crippen molar-refractivity contribution < 1.29 is 76.7 Å². The number of hydrogen-bond acceptors (Lipinski definition) is 26. The summed E-state index contributed by atoms with van der Waals surface area (Å²) < 4.78 is 53.7. The molecule has 59 heavy (non-hydrogen) atoms. The van der Waals surface area contributed by atoms with Crippen LogP contribution >= 0.6 is 74.9 Å². The van der Waals surface area contributed by atoms with Crippen LogP contribution in [0.2, 0.25) is 0 Å². The highest BCUT2D eigenvalue weighted by molar-refractivity contribution is 8.12. The summed E-state index contributed by atoms with van der Waals surface area (Å²) in [4.78, 5) is 59.5. The van der Waals surface area contributed by atoms with Crippen LogP contribution in [0.4, 0.5) is 23.0 Å². The van der Waals surface area contributed by atoms with Crippen LogP contribution in [0.3, 0.4) is 0 Å². The van der Waals surface area contributed by atoms with E-state index in [0.717, 1.165) is 23.5 Å². The minimum Gasteiger partial charge on any atom is -0.387 e. The second-order valence-corrected chi connectivity index (χ2v) is 28.0. The topological polar surface area (TPSA) is 404 Å². The van der Waals surface area contributed by atoms with Crippen LogP contribution in [0.1, 0.15) is 23.5 Å². The highest BCUT2D eigenvalue weighted by Crippen LogP contribution is 2.83. The number of alkyl halides is 2. The molecule has 0 bridgehead atoms. The molecule has 0 amide bonds. The van der Waals surface area contributed by atoms with Crippen LogP contribution in [0, 0.1) is 0 Å². The van der Waals surface area contributed by atoms with E-state index in [1.165, 1.54) is 0 Å². The Bertz CT molecular complexity index is 2100. The van der Waals surface area contributed by atoms with Crippen molar-refractivity contribution in [3.05, 3.63) is 11.4 Å². The number of aromatic nitrogens is 4. The SMILES string of the molecule is CSc1nc(N)c2c(n1)C([C@@H]1O[C@H](OCP(O)(=S)OP(=O)(O)C(Cl)(Cl)P(=O)(O)OP(O)(=S)CO[C@H]3O[C@@H](C4N=Nc5c(N)nc(SC)nc54)[C@H](O)[C@@H]3O)[C@@H](O)[C@H]1O)N=N2. The van der Waals surface area contributed by atoms with Gasteiger partial charge in [-0.05, 0) is 36.1 Å². The molecule has 2 aromatic heterocycles. The summed E-state index contributed by atoms with van der Waals surface area (Å²) in [6, 6.07) is -2.20. The number of thioether (sulfide) groups is 2. The number of aliphatic hydroxyl groups is 4. The Morgan fingerprint density at radius 2 is 1.05 bits per heavy atom. The van der Waals surface area contributed by atoms with E-state index in [2.05, 4.69) is 49.0 Å². The molecule has 12 N–H and O–H groups in total. The number of nitrogens with two attached hydrogens (primary N) is 2. The maximum absolute atomic E-state index is 13.3. The van der Waals surface area contributed by atoms with E-state index in [4.69, 9.17) is 77.2 Å². The number of ether oxygens (including phenoxy) is 4. The first-order valence-electron chi connectivity index (χ1n) is 15.9. The summed E-state index contributed by atoms with van der Waals surface area (Å²) in [6.45, 7) is -9.49. The van der Waals surface area contributed by atoms with Gasteiger partial charge in [-0.1, -0.05) is 46.7 Å². The van der Waals surface area contributed by atoms with Crippen molar-refractivity contribution in [2.24, 2.45) is 20.5 Å². The molecule has 36 heteroatoms. The maximum atomic E-state index is 13.3. The van der Waals surface area contributed by atoms with Crippen LogP contribution in [-0.4, -0.2) is 138 Å². The normalized spacial score (nSPS) is 32.9. The van der Waals surface area contributed by atoms with Gasteiger partial charge in [0, 0.05) is 0 Å². The number of nitrogen functional groups attached to an aromatic ring is 2. The fraction of sp³-hybridized carbons (Fsp3) is 0.652.